The molecule has 4 aromatic rings. The molecule has 1 heterocycles. The monoisotopic (exact) mass is 466 g/mol. The number of hydrogen-bond donors (Lipinski definition) is 1. The molecular formula is C23H19BrN2O2S. The minimum atomic E-state index is -0.199. The van der Waals surface area contributed by atoms with E-state index < -0.39 is 0 Å². The van der Waals surface area contributed by atoms with Crippen molar-refractivity contribution in [3.8, 4) is 16.3 Å². The number of thiazole rings is 1. The number of nitrogens with zero attached hydrogens (tertiary/aromatic N) is 1. The third-order valence-electron chi connectivity index (χ3n) is 4.46. The molecule has 0 spiro atoms. The van der Waals surface area contributed by atoms with Crippen LogP contribution in [-0.2, 0) is 4.79 Å². The number of carbonyl (C=O) groups excluding carboxylic acids is 1. The summed E-state index contributed by atoms with van der Waals surface area (Å²) in [5.74, 6) is 0.500. The Morgan fingerprint density at radius 3 is 2.62 bits per heavy atom. The molecule has 0 radical (unpaired) electrons. The quantitative estimate of drug-likeness (QED) is 0.372. The van der Waals surface area contributed by atoms with Crippen LogP contribution in [0.2, 0.25) is 0 Å². The van der Waals surface area contributed by atoms with Crippen molar-refractivity contribution in [3.05, 3.63) is 76.3 Å². The highest BCUT2D eigenvalue weighted by molar-refractivity contribution is 9.10. The first-order valence-corrected chi connectivity index (χ1v) is 10.8. The highest BCUT2D eigenvalue weighted by Crippen LogP contribution is 2.31. The maximum atomic E-state index is 12.2. The molecule has 0 saturated heterocycles. The predicted octanol–water partition coefficient (Wildman–Crippen LogP) is 6.36. The zero-order valence-electron chi connectivity index (χ0n) is 16.0. The molecule has 4 rings (SSSR count). The number of fused-ring (bicyclic) bond motifs is 1. The van der Waals surface area contributed by atoms with Gasteiger partial charge in [0.2, 0.25) is 0 Å². The summed E-state index contributed by atoms with van der Waals surface area (Å²) < 4.78 is 7.78. The fourth-order valence-corrected chi connectivity index (χ4v) is 4.51. The number of halogens is 1. The van der Waals surface area contributed by atoms with Gasteiger partial charge in [-0.05, 0) is 79.6 Å². The van der Waals surface area contributed by atoms with Gasteiger partial charge in [-0.25, -0.2) is 4.98 Å². The smallest absolute Gasteiger partial charge is 0.262 e. The zero-order chi connectivity index (χ0) is 20.4. The van der Waals surface area contributed by atoms with E-state index in [9.17, 15) is 4.79 Å². The van der Waals surface area contributed by atoms with Crippen LogP contribution in [0, 0.1) is 13.8 Å². The minimum absolute atomic E-state index is 0.0402. The molecule has 0 aliphatic carbocycles. The summed E-state index contributed by atoms with van der Waals surface area (Å²) in [5, 5.41) is 3.84. The second-order valence-corrected chi connectivity index (χ2v) is 8.76. The lowest BCUT2D eigenvalue weighted by molar-refractivity contribution is -0.118. The van der Waals surface area contributed by atoms with Gasteiger partial charge in [0.15, 0.2) is 6.61 Å². The Kier molecular flexibility index (Phi) is 5.65. The van der Waals surface area contributed by atoms with E-state index in [0.29, 0.717) is 5.75 Å². The van der Waals surface area contributed by atoms with E-state index in [4.69, 9.17) is 9.72 Å². The molecule has 146 valence electrons. The number of hydrogen-bond acceptors (Lipinski definition) is 4. The predicted molar refractivity (Wildman–Crippen MR) is 123 cm³/mol. The van der Waals surface area contributed by atoms with E-state index >= 15 is 0 Å². The van der Waals surface area contributed by atoms with Crippen molar-refractivity contribution in [1.82, 2.24) is 4.98 Å². The normalized spacial score (nSPS) is 10.9. The zero-order valence-corrected chi connectivity index (χ0v) is 18.4. The van der Waals surface area contributed by atoms with E-state index in [2.05, 4.69) is 40.3 Å². The summed E-state index contributed by atoms with van der Waals surface area (Å²) in [4.78, 5) is 16.9. The number of ether oxygens (including phenoxy) is 1. The summed E-state index contributed by atoms with van der Waals surface area (Å²) in [6.45, 7) is 3.99. The molecule has 6 heteroatoms. The molecule has 0 aliphatic heterocycles. The van der Waals surface area contributed by atoms with Crippen LogP contribution < -0.4 is 10.1 Å². The molecule has 0 saturated carbocycles. The average Bonchev–Trinajstić information content (AvgIpc) is 3.11. The Hall–Kier alpha value is -2.70. The van der Waals surface area contributed by atoms with Crippen molar-refractivity contribution >= 4 is 49.1 Å². The van der Waals surface area contributed by atoms with Crippen molar-refractivity contribution in [1.29, 1.82) is 0 Å². The number of benzene rings is 3. The van der Waals surface area contributed by atoms with Crippen LogP contribution >= 0.6 is 27.3 Å². The first kappa shape index (κ1) is 19.6. The third-order valence-corrected chi connectivity index (χ3v) is 6.02. The fraction of sp³-hybridized carbons (Fsp3) is 0.130. The number of nitrogens with one attached hydrogen (secondary N) is 1. The lowest BCUT2D eigenvalue weighted by Gasteiger charge is -2.10. The maximum absolute atomic E-state index is 12.2. The number of aromatic nitrogens is 1. The molecule has 1 amide bonds. The first-order valence-electron chi connectivity index (χ1n) is 9.14. The van der Waals surface area contributed by atoms with Crippen LogP contribution in [0.4, 0.5) is 5.69 Å². The van der Waals surface area contributed by atoms with E-state index in [-0.39, 0.29) is 12.5 Å². The van der Waals surface area contributed by atoms with Gasteiger partial charge in [-0.3, -0.25) is 4.79 Å². The van der Waals surface area contributed by atoms with Crippen LogP contribution in [0.1, 0.15) is 11.1 Å². The maximum Gasteiger partial charge on any atom is 0.262 e. The standard InChI is InChI=1S/C23H19BrN2O2S/c1-14-3-9-19-21(11-14)29-23(26-19)16-4-7-18(8-5-16)25-22(27)13-28-20-10-6-17(24)12-15(20)2/h3-12H,13H2,1-2H3,(H,25,27). The van der Waals surface area contributed by atoms with Crippen molar-refractivity contribution in [2.24, 2.45) is 0 Å². The molecule has 0 unspecified atom stereocenters. The Bertz CT molecular complexity index is 1190. The topological polar surface area (TPSA) is 51.2 Å². The van der Waals surface area contributed by atoms with Gasteiger partial charge < -0.3 is 10.1 Å². The van der Waals surface area contributed by atoms with Crippen LogP contribution in [0.25, 0.3) is 20.8 Å². The van der Waals surface area contributed by atoms with Crippen molar-refractivity contribution < 1.29 is 9.53 Å². The van der Waals surface area contributed by atoms with Gasteiger partial charge in [-0.1, -0.05) is 22.0 Å². The van der Waals surface area contributed by atoms with Gasteiger partial charge in [0, 0.05) is 15.7 Å². The van der Waals surface area contributed by atoms with Crippen LogP contribution in [0.3, 0.4) is 0 Å². The Labute approximate surface area is 181 Å². The highest BCUT2D eigenvalue weighted by atomic mass is 79.9. The summed E-state index contributed by atoms with van der Waals surface area (Å²) in [5.41, 5.74) is 4.97. The fourth-order valence-electron chi connectivity index (χ4n) is 2.97. The van der Waals surface area contributed by atoms with Gasteiger partial charge >= 0.3 is 0 Å². The average molecular weight is 467 g/mol. The first-order chi connectivity index (χ1) is 14.0. The van der Waals surface area contributed by atoms with Gasteiger partial charge in [-0.15, -0.1) is 11.3 Å². The van der Waals surface area contributed by atoms with Gasteiger partial charge in [0.25, 0.3) is 5.91 Å². The Balaban J connectivity index is 1.40. The highest BCUT2D eigenvalue weighted by Gasteiger charge is 2.09. The number of amides is 1. The molecule has 1 aromatic heterocycles. The number of anilines is 1. The molecule has 29 heavy (non-hydrogen) atoms. The number of aryl methyl sites for hydroxylation is 2. The third kappa shape index (κ3) is 4.66. The Morgan fingerprint density at radius 2 is 1.86 bits per heavy atom. The van der Waals surface area contributed by atoms with E-state index in [1.54, 1.807) is 11.3 Å². The largest absolute Gasteiger partial charge is 0.483 e. The lowest BCUT2D eigenvalue weighted by atomic mass is 10.2. The summed E-state index contributed by atoms with van der Waals surface area (Å²) in [6.07, 6.45) is 0. The molecule has 3 aromatic carbocycles. The van der Waals surface area contributed by atoms with Crippen LogP contribution in [-0.4, -0.2) is 17.5 Å². The molecule has 4 nitrogen and oxygen atoms in total. The van der Waals surface area contributed by atoms with Crippen LogP contribution in [0.5, 0.6) is 5.75 Å². The van der Waals surface area contributed by atoms with Gasteiger partial charge in [0.05, 0.1) is 10.2 Å². The van der Waals surface area contributed by atoms with Crippen molar-refractivity contribution in [2.75, 3.05) is 11.9 Å². The summed E-state index contributed by atoms with van der Waals surface area (Å²) in [6, 6.07) is 19.7. The summed E-state index contributed by atoms with van der Waals surface area (Å²) in [7, 11) is 0. The molecule has 0 bridgehead atoms. The minimum Gasteiger partial charge on any atom is -0.483 e. The van der Waals surface area contributed by atoms with Gasteiger partial charge in [0.1, 0.15) is 10.8 Å². The van der Waals surface area contributed by atoms with Crippen LogP contribution in [0.15, 0.2) is 65.1 Å². The second kappa shape index (κ2) is 8.35. The molecule has 0 aliphatic rings. The molecular weight excluding hydrogens is 448 g/mol. The van der Waals surface area contributed by atoms with Gasteiger partial charge in [-0.2, -0.15) is 0 Å². The molecule has 0 fully saturated rings. The second-order valence-electron chi connectivity index (χ2n) is 6.81. The van der Waals surface area contributed by atoms with E-state index in [0.717, 1.165) is 31.8 Å². The number of rotatable bonds is 5. The SMILES string of the molecule is Cc1ccc2nc(-c3ccc(NC(=O)COc4ccc(Br)cc4C)cc3)sc2c1. The van der Waals surface area contributed by atoms with Crippen molar-refractivity contribution in [2.45, 2.75) is 13.8 Å². The van der Waals surface area contributed by atoms with E-state index in [1.807, 2.05) is 55.5 Å². The Morgan fingerprint density at radius 1 is 1.07 bits per heavy atom. The lowest BCUT2D eigenvalue weighted by Crippen LogP contribution is -2.20. The molecule has 1 N–H and O–H groups in total. The number of carbonyl (C=O) groups is 1. The van der Waals surface area contributed by atoms with E-state index in [1.165, 1.54) is 10.3 Å². The molecule has 0 atom stereocenters. The summed E-state index contributed by atoms with van der Waals surface area (Å²) >= 11 is 5.09. The van der Waals surface area contributed by atoms with Crippen molar-refractivity contribution in [3.63, 3.8) is 0 Å².